The molecule has 0 atom stereocenters. The van der Waals surface area contributed by atoms with Crippen molar-refractivity contribution in [2.24, 2.45) is 10.8 Å². The maximum atomic E-state index is 11.1. The highest BCUT2D eigenvalue weighted by molar-refractivity contribution is 6.08. The summed E-state index contributed by atoms with van der Waals surface area (Å²) < 4.78 is 5.76. The summed E-state index contributed by atoms with van der Waals surface area (Å²) in [7, 11) is 0. The van der Waals surface area contributed by atoms with Gasteiger partial charge in [-0.1, -0.05) is 0 Å². The Morgan fingerprint density at radius 2 is 2.08 bits per heavy atom. The SMILES string of the molecule is CC(=O)Nc1ccc(N2N=C3COC(C)(C)C=C3C(C#N)=C2N)cc1. The fraction of sp³-hybridized carbons (Fsp3) is 0.278. The lowest BCUT2D eigenvalue weighted by atomic mass is 9.92. The number of allylic oxidation sites excluding steroid dienone is 1. The maximum absolute atomic E-state index is 11.1. The number of carbonyl (C=O) groups is 1. The Labute approximate surface area is 146 Å². The lowest BCUT2D eigenvalue weighted by Gasteiger charge is -2.34. The number of amides is 1. The molecule has 1 aromatic rings. The first-order valence-electron chi connectivity index (χ1n) is 7.83. The summed E-state index contributed by atoms with van der Waals surface area (Å²) >= 11 is 0. The van der Waals surface area contributed by atoms with E-state index in [9.17, 15) is 10.1 Å². The van der Waals surface area contributed by atoms with Crippen LogP contribution in [-0.4, -0.2) is 23.8 Å². The summed E-state index contributed by atoms with van der Waals surface area (Å²) in [4.78, 5) is 11.1. The van der Waals surface area contributed by atoms with E-state index in [2.05, 4.69) is 16.5 Å². The van der Waals surface area contributed by atoms with Crippen molar-refractivity contribution in [2.75, 3.05) is 16.9 Å². The summed E-state index contributed by atoms with van der Waals surface area (Å²) in [5.41, 5.74) is 8.86. The van der Waals surface area contributed by atoms with Crippen LogP contribution < -0.4 is 16.1 Å². The molecule has 1 amide bonds. The van der Waals surface area contributed by atoms with Crippen LogP contribution in [-0.2, 0) is 9.53 Å². The van der Waals surface area contributed by atoms with Crippen molar-refractivity contribution in [2.45, 2.75) is 26.4 Å². The number of fused-ring (bicyclic) bond motifs is 1. The average molecular weight is 337 g/mol. The Morgan fingerprint density at radius 1 is 1.40 bits per heavy atom. The second kappa shape index (κ2) is 6.07. The van der Waals surface area contributed by atoms with Crippen molar-refractivity contribution in [3.8, 4) is 6.07 Å². The number of hydrogen-bond acceptors (Lipinski definition) is 6. The van der Waals surface area contributed by atoms with Gasteiger partial charge in [-0.15, -0.1) is 0 Å². The molecule has 128 valence electrons. The zero-order valence-corrected chi connectivity index (χ0v) is 14.3. The molecule has 0 aromatic heterocycles. The molecule has 0 aliphatic carbocycles. The van der Waals surface area contributed by atoms with Gasteiger partial charge < -0.3 is 15.8 Å². The monoisotopic (exact) mass is 337 g/mol. The third-order valence-electron chi connectivity index (χ3n) is 3.90. The lowest BCUT2D eigenvalue weighted by Crippen LogP contribution is -2.39. The van der Waals surface area contributed by atoms with Crippen LogP contribution in [0, 0.1) is 11.3 Å². The van der Waals surface area contributed by atoms with Gasteiger partial charge in [0.05, 0.1) is 23.6 Å². The molecule has 2 heterocycles. The van der Waals surface area contributed by atoms with Gasteiger partial charge in [0, 0.05) is 18.2 Å². The molecular weight excluding hydrogens is 318 g/mol. The van der Waals surface area contributed by atoms with Crippen LogP contribution in [0.4, 0.5) is 11.4 Å². The van der Waals surface area contributed by atoms with Crippen molar-refractivity contribution in [1.29, 1.82) is 5.26 Å². The van der Waals surface area contributed by atoms with Gasteiger partial charge in [0.25, 0.3) is 0 Å². The Hall–Kier alpha value is -3.11. The molecule has 0 fully saturated rings. The number of anilines is 2. The molecule has 0 spiro atoms. The quantitative estimate of drug-likeness (QED) is 0.861. The number of hydrazone groups is 1. The van der Waals surface area contributed by atoms with E-state index in [0.717, 1.165) is 5.57 Å². The van der Waals surface area contributed by atoms with Crippen molar-refractivity contribution in [1.82, 2.24) is 0 Å². The topological polar surface area (TPSA) is 104 Å². The molecule has 0 radical (unpaired) electrons. The van der Waals surface area contributed by atoms with E-state index in [4.69, 9.17) is 10.5 Å². The minimum atomic E-state index is -0.473. The molecule has 25 heavy (non-hydrogen) atoms. The Balaban J connectivity index is 2.00. The molecule has 7 nitrogen and oxygen atoms in total. The highest BCUT2D eigenvalue weighted by atomic mass is 16.5. The number of carbonyl (C=O) groups excluding carboxylic acids is 1. The summed E-state index contributed by atoms with van der Waals surface area (Å²) in [6, 6.07) is 9.24. The van der Waals surface area contributed by atoms with Crippen LogP contribution >= 0.6 is 0 Å². The van der Waals surface area contributed by atoms with Gasteiger partial charge >= 0.3 is 0 Å². The largest absolute Gasteiger partial charge is 0.383 e. The number of benzene rings is 1. The van der Waals surface area contributed by atoms with E-state index < -0.39 is 5.60 Å². The van der Waals surface area contributed by atoms with E-state index in [1.807, 2.05) is 19.9 Å². The van der Waals surface area contributed by atoms with E-state index in [-0.39, 0.29) is 11.7 Å². The maximum Gasteiger partial charge on any atom is 0.221 e. The van der Waals surface area contributed by atoms with E-state index in [1.165, 1.54) is 11.9 Å². The zero-order valence-electron chi connectivity index (χ0n) is 14.3. The number of ether oxygens (including phenoxy) is 1. The molecule has 0 bridgehead atoms. The Bertz CT molecular complexity index is 856. The number of nitrogens with two attached hydrogens (primary N) is 1. The van der Waals surface area contributed by atoms with Gasteiger partial charge in [0.1, 0.15) is 17.5 Å². The second-order valence-corrected chi connectivity index (χ2v) is 6.41. The normalized spacial score (nSPS) is 18.7. The van der Waals surface area contributed by atoms with Gasteiger partial charge in [0.2, 0.25) is 5.91 Å². The summed E-state index contributed by atoms with van der Waals surface area (Å²) in [6.07, 6.45) is 1.87. The first-order chi connectivity index (χ1) is 11.8. The summed E-state index contributed by atoms with van der Waals surface area (Å²) in [6.45, 7) is 5.60. The van der Waals surface area contributed by atoms with Gasteiger partial charge in [0.15, 0.2) is 0 Å². The molecule has 2 aliphatic heterocycles. The number of nitriles is 1. The highest BCUT2D eigenvalue weighted by Gasteiger charge is 2.33. The van der Waals surface area contributed by atoms with Gasteiger partial charge in [-0.2, -0.15) is 10.4 Å². The highest BCUT2D eigenvalue weighted by Crippen LogP contribution is 2.32. The third kappa shape index (κ3) is 3.25. The van der Waals surface area contributed by atoms with Gasteiger partial charge in [-0.05, 0) is 44.2 Å². The number of rotatable bonds is 2. The van der Waals surface area contributed by atoms with Crippen molar-refractivity contribution < 1.29 is 9.53 Å². The predicted molar refractivity (Wildman–Crippen MR) is 95.6 cm³/mol. The minimum Gasteiger partial charge on any atom is -0.383 e. The van der Waals surface area contributed by atoms with Crippen LogP contribution in [0.5, 0.6) is 0 Å². The van der Waals surface area contributed by atoms with Gasteiger partial charge in [-0.25, -0.2) is 5.01 Å². The summed E-state index contributed by atoms with van der Waals surface area (Å²) in [5.74, 6) is 0.122. The fourth-order valence-electron chi connectivity index (χ4n) is 2.73. The Morgan fingerprint density at radius 3 is 2.68 bits per heavy atom. The van der Waals surface area contributed by atoms with Crippen molar-refractivity contribution in [3.05, 3.63) is 47.3 Å². The first kappa shape index (κ1) is 16.7. The average Bonchev–Trinajstić information content (AvgIpc) is 2.54. The molecule has 0 saturated heterocycles. The van der Waals surface area contributed by atoms with E-state index >= 15 is 0 Å². The van der Waals surface area contributed by atoms with Gasteiger partial charge in [-0.3, -0.25) is 4.79 Å². The van der Waals surface area contributed by atoms with Crippen LogP contribution in [0.15, 0.2) is 52.4 Å². The fourth-order valence-corrected chi connectivity index (χ4v) is 2.73. The molecule has 3 rings (SSSR count). The smallest absolute Gasteiger partial charge is 0.221 e. The van der Waals surface area contributed by atoms with Crippen molar-refractivity contribution in [3.63, 3.8) is 0 Å². The minimum absolute atomic E-state index is 0.145. The van der Waals surface area contributed by atoms with Crippen LogP contribution in [0.25, 0.3) is 0 Å². The number of nitrogens with zero attached hydrogens (tertiary/aromatic N) is 3. The second-order valence-electron chi connectivity index (χ2n) is 6.41. The summed E-state index contributed by atoms with van der Waals surface area (Å²) in [5, 5.41) is 18.3. The molecule has 3 N–H and O–H groups in total. The van der Waals surface area contributed by atoms with Crippen LogP contribution in [0.3, 0.4) is 0 Å². The Kier molecular flexibility index (Phi) is 4.07. The molecular formula is C18H19N5O2. The molecule has 1 aromatic carbocycles. The van der Waals surface area contributed by atoms with E-state index in [1.54, 1.807) is 24.3 Å². The lowest BCUT2D eigenvalue weighted by molar-refractivity contribution is -0.114. The van der Waals surface area contributed by atoms with Crippen LogP contribution in [0.2, 0.25) is 0 Å². The molecule has 2 aliphatic rings. The molecule has 7 heteroatoms. The number of nitrogens with one attached hydrogen (secondary N) is 1. The van der Waals surface area contributed by atoms with E-state index in [0.29, 0.717) is 29.3 Å². The molecule has 0 saturated carbocycles. The standard InChI is InChI=1S/C18H19N5O2/c1-11(24)21-12-4-6-13(7-5-12)23-17(20)15(9-19)14-8-18(2,3)25-10-16(14)22-23/h4-8H,10,20H2,1-3H3,(H,21,24). The number of hydrogen-bond donors (Lipinski definition) is 2. The molecule has 0 unspecified atom stereocenters. The first-order valence-corrected chi connectivity index (χ1v) is 7.83. The van der Waals surface area contributed by atoms with Crippen molar-refractivity contribution >= 4 is 23.0 Å². The third-order valence-corrected chi connectivity index (χ3v) is 3.90. The predicted octanol–water partition coefficient (Wildman–Crippen LogP) is 2.25. The van der Waals surface area contributed by atoms with Crippen LogP contribution in [0.1, 0.15) is 20.8 Å². The zero-order chi connectivity index (χ0) is 18.2.